The summed E-state index contributed by atoms with van der Waals surface area (Å²) in [6.45, 7) is 2.67. The van der Waals surface area contributed by atoms with Crippen molar-refractivity contribution in [3.63, 3.8) is 0 Å². The van der Waals surface area contributed by atoms with E-state index in [0.717, 1.165) is 11.3 Å². The van der Waals surface area contributed by atoms with Gasteiger partial charge < -0.3 is 4.90 Å². The van der Waals surface area contributed by atoms with Crippen LogP contribution in [0.5, 0.6) is 0 Å². The normalized spacial score (nSPS) is 12.9. The number of benzene rings is 1. The van der Waals surface area contributed by atoms with Gasteiger partial charge in [-0.2, -0.15) is 0 Å². The van der Waals surface area contributed by atoms with Crippen molar-refractivity contribution in [2.24, 2.45) is 0 Å². The molecule has 0 saturated carbocycles. The molecule has 0 radical (unpaired) electrons. The van der Waals surface area contributed by atoms with Crippen molar-refractivity contribution in [1.82, 2.24) is 24.4 Å². The van der Waals surface area contributed by atoms with Gasteiger partial charge in [0.25, 0.3) is 0 Å². The number of nitrogens with zero attached hydrogens (tertiary/aromatic N) is 4. The average Bonchev–Trinajstić information content (AvgIpc) is 2.82. The van der Waals surface area contributed by atoms with Gasteiger partial charge in [-0.1, -0.05) is 30.3 Å². The molecular formula is C16H19N5O. The molecule has 2 aromatic heterocycles. The minimum absolute atomic E-state index is 0.105. The fraction of sp³-hybridized carbons (Fsp3) is 0.312. The zero-order chi connectivity index (χ0) is 15.7. The lowest BCUT2D eigenvalue weighted by Gasteiger charge is -2.14. The third-order valence-corrected chi connectivity index (χ3v) is 3.62. The van der Waals surface area contributed by atoms with Crippen molar-refractivity contribution >= 4 is 11.3 Å². The van der Waals surface area contributed by atoms with Crippen LogP contribution < -0.4 is 5.69 Å². The van der Waals surface area contributed by atoms with Crippen LogP contribution >= 0.6 is 0 Å². The highest BCUT2D eigenvalue weighted by molar-refractivity contribution is 5.65. The standard InChI is InChI=1S/C16H19N5O/c1-11(12-7-5-4-6-8-12)21-15-14(19-16(21)22)17-9-13(18-15)10-20(2)3/h4-9,11H,10H2,1-3H3,(H,17,19,22)/t11-/m0/s1. The van der Waals surface area contributed by atoms with Crippen molar-refractivity contribution in [3.05, 3.63) is 58.3 Å². The predicted octanol–water partition coefficient (Wildman–Crippen LogP) is 1.79. The van der Waals surface area contributed by atoms with Crippen LogP contribution in [0.3, 0.4) is 0 Å². The quantitative estimate of drug-likeness (QED) is 0.797. The van der Waals surface area contributed by atoms with Gasteiger partial charge in [0.05, 0.1) is 17.9 Å². The van der Waals surface area contributed by atoms with E-state index in [1.165, 1.54) is 0 Å². The Balaban J connectivity index is 2.12. The number of imidazole rings is 1. The fourth-order valence-corrected chi connectivity index (χ4v) is 2.57. The van der Waals surface area contributed by atoms with E-state index in [1.54, 1.807) is 10.8 Å². The van der Waals surface area contributed by atoms with Crippen LogP contribution in [0, 0.1) is 0 Å². The van der Waals surface area contributed by atoms with Gasteiger partial charge in [-0.3, -0.25) is 9.55 Å². The molecule has 22 heavy (non-hydrogen) atoms. The number of hydrogen-bond donors (Lipinski definition) is 1. The Hall–Kier alpha value is -2.47. The highest BCUT2D eigenvalue weighted by Crippen LogP contribution is 2.19. The highest BCUT2D eigenvalue weighted by atomic mass is 16.1. The maximum atomic E-state index is 12.3. The lowest BCUT2D eigenvalue weighted by Crippen LogP contribution is -2.21. The van der Waals surface area contributed by atoms with Crippen molar-refractivity contribution in [3.8, 4) is 0 Å². The Kier molecular flexibility index (Phi) is 3.77. The van der Waals surface area contributed by atoms with Crippen molar-refractivity contribution in [2.45, 2.75) is 19.5 Å². The third kappa shape index (κ3) is 2.65. The number of nitrogens with one attached hydrogen (secondary N) is 1. The van der Waals surface area contributed by atoms with Crippen LogP contribution in [0.4, 0.5) is 0 Å². The zero-order valence-corrected chi connectivity index (χ0v) is 12.9. The molecule has 1 atom stereocenters. The summed E-state index contributed by atoms with van der Waals surface area (Å²) in [4.78, 5) is 26.0. The van der Waals surface area contributed by atoms with Crippen LogP contribution in [-0.2, 0) is 6.54 Å². The summed E-state index contributed by atoms with van der Waals surface area (Å²) >= 11 is 0. The summed E-state index contributed by atoms with van der Waals surface area (Å²) in [5, 5.41) is 0. The fourth-order valence-electron chi connectivity index (χ4n) is 2.57. The van der Waals surface area contributed by atoms with Crippen molar-refractivity contribution in [1.29, 1.82) is 0 Å². The molecule has 0 amide bonds. The second kappa shape index (κ2) is 5.73. The maximum Gasteiger partial charge on any atom is 0.329 e. The smallest absolute Gasteiger partial charge is 0.304 e. The monoisotopic (exact) mass is 297 g/mol. The molecule has 1 N–H and O–H groups in total. The summed E-state index contributed by atoms with van der Waals surface area (Å²) in [7, 11) is 3.95. The van der Waals surface area contributed by atoms with E-state index < -0.39 is 0 Å². The first-order chi connectivity index (χ1) is 10.6. The van der Waals surface area contributed by atoms with Gasteiger partial charge in [0.2, 0.25) is 0 Å². The first-order valence-corrected chi connectivity index (χ1v) is 7.22. The maximum absolute atomic E-state index is 12.3. The number of hydrogen-bond acceptors (Lipinski definition) is 4. The number of aromatic amines is 1. The largest absolute Gasteiger partial charge is 0.329 e. The van der Waals surface area contributed by atoms with Crippen LogP contribution in [-0.4, -0.2) is 38.5 Å². The van der Waals surface area contributed by atoms with E-state index in [9.17, 15) is 4.79 Å². The molecule has 0 aliphatic carbocycles. The van der Waals surface area contributed by atoms with Crippen LogP contribution in [0.2, 0.25) is 0 Å². The predicted molar refractivity (Wildman–Crippen MR) is 85.8 cm³/mol. The van der Waals surface area contributed by atoms with E-state index >= 15 is 0 Å². The first-order valence-electron chi connectivity index (χ1n) is 7.22. The Morgan fingerprint density at radius 1 is 1.27 bits per heavy atom. The molecule has 0 aliphatic heterocycles. The molecule has 3 aromatic rings. The molecule has 114 valence electrons. The summed E-state index contributed by atoms with van der Waals surface area (Å²) in [5.41, 5.74) is 2.83. The molecule has 1 aromatic carbocycles. The Morgan fingerprint density at radius 2 is 2.00 bits per heavy atom. The second-order valence-electron chi connectivity index (χ2n) is 5.66. The van der Waals surface area contributed by atoms with Gasteiger partial charge in [-0.15, -0.1) is 0 Å². The molecule has 6 nitrogen and oxygen atoms in total. The highest BCUT2D eigenvalue weighted by Gasteiger charge is 2.17. The SMILES string of the molecule is C[C@@H](c1ccccc1)n1c(=O)[nH]c2ncc(CN(C)C)nc21. The van der Waals surface area contributed by atoms with Gasteiger partial charge in [0, 0.05) is 6.54 Å². The summed E-state index contributed by atoms with van der Waals surface area (Å²) < 4.78 is 1.66. The van der Waals surface area contributed by atoms with Gasteiger partial charge in [0.1, 0.15) is 0 Å². The van der Waals surface area contributed by atoms with Gasteiger partial charge in [-0.05, 0) is 26.6 Å². The minimum Gasteiger partial charge on any atom is -0.304 e. The molecule has 0 bridgehead atoms. The van der Waals surface area contributed by atoms with Crippen LogP contribution in [0.25, 0.3) is 11.3 Å². The lowest BCUT2D eigenvalue weighted by atomic mass is 10.1. The molecule has 3 rings (SSSR count). The number of aromatic nitrogens is 4. The zero-order valence-electron chi connectivity index (χ0n) is 12.9. The molecule has 0 spiro atoms. The van der Waals surface area contributed by atoms with E-state index in [2.05, 4.69) is 15.0 Å². The van der Waals surface area contributed by atoms with Crippen molar-refractivity contribution in [2.75, 3.05) is 14.1 Å². The van der Waals surface area contributed by atoms with E-state index in [-0.39, 0.29) is 11.7 Å². The third-order valence-electron chi connectivity index (χ3n) is 3.62. The summed E-state index contributed by atoms with van der Waals surface area (Å²) in [6.07, 6.45) is 1.70. The van der Waals surface area contributed by atoms with Crippen LogP contribution in [0.15, 0.2) is 41.3 Å². The average molecular weight is 297 g/mol. The van der Waals surface area contributed by atoms with E-state index in [4.69, 9.17) is 0 Å². The Morgan fingerprint density at radius 3 is 2.68 bits per heavy atom. The number of rotatable bonds is 4. The molecule has 0 aliphatic rings. The summed E-state index contributed by atoms with van der Waals surface area (Å²) in [6, 6.07) is 9.80. The first kappa shape index (κ1) is 14.5. The van der Waals surface area contributed by atoms with Gasteiger partial charge >= 0.3 is 5.69 Å². The number of fused-ring (bicyclic) bond motifs is 1. The van der Waals surface area contributed by atoms with E-state index in [1.807, 2.05) is 56.3 Å². The van der Waals surface area contributed by atoms with E-state index in [0.29, 0.717) is 17.8 Å². The minimum atomic E-state index is -0.187. The second-order valence-corrected chi connectivity index (χ2v) is 5.66. The summed E-state index contributed by atoms with van der Waals surface area (Å²) in [5.74, 6) is 0. The molecule has 0 saturated heterocycles. The Labute approximate surface area is 128 Å². The Bertz CT molecular complexity index is 835. The lowest BCUT2D eigenvalue weighted by molar-refractivity contribution is 0.396. The van der Waals surface area contributed by atoms with Crippen molar-refractivity contribution < 1.29 is 0 Å². The topological polar surface area (TPSA) is 66.8 Å². The van der Waals surface area contributed by atoms with Gasteiger partial charge in [0.15, 0.2) is 11.3 Å². The molecule has 2 heterocycles. The number of H-pyrrole nitrogens is 1. The van der Waals surface area contributed by atoms with Crippen LogP contribution in [0.1, 0.15) is 24.2 Å². The molecule has 6 heteroatoms. The molecule has 0 unspecified atom stereocenters. The molecular weight excluding hydrogens is 278 g/mol. The molecule has 0 fully saturated rings. The van der Waals surface area contributed by atoms with Gasteiger partial charge in [-0.25, -0.2) is 14.8 Å².